The highest BCUT2D eigenvalue weighted by molar-refractivity contribution is 9.10. The molecule has 0 aromatic heterocycles. The second kappa shape index (κ2) is 6.29. The standard InChI is InChI=1S/C13H8Br2Cl2O/c14-7-8-5-10(16)2-4-12(8)18-13-6-9(15)1-3-11(13)17/h1-6H,7H2. The van der Waals surface area contributed by atoms with Gasteiger partial charge in [0.25, 0.3) is 0 Å². The van der Waals surface area contributed by atoms with E-state index in [-0.39, 0.29) is 0 Å². The van der Waals surface area contributed by atoms with E-state index in [1.807, 2.05) is 24.3 Å². The van der Waals surface area contributed by atoms with Crippen LogP contribution in [0.1, 0.15) is 5.56 Å². The quantitative estimate of drug-likeness (QED) is 0.529. The van der Waals surface area contributed by atoms with Gasteiger partial charge in [0.15, 0.2) is 0 Å². The molecular weight excluding hydrogens is 403 g/mol. The average molecular weight is 411 g/mol. The van der Waals surface area contributed by atoms with Gasteiger partial charge in [0.05, 0.1) is 5.02 Å². The van der Waals surface area contributed by atoms with Crippen LogP contribution in [0.5, 0.6) is 11.5 Å². The Morgan fingerprint density at radius 3 is 2.50 bits per heavy atom. The van der Waals surface area contributed by atoms with Gasteiger partial charge in [-0.15, -0.1) is 0 Å². The molecule has 0 radical (unpaired) electrons. The Labute approximate surface area is 132 Å². The van der Waals surface area contributed by atoms with Crippen molar-refractivity contribution in [1.29, 1.82) is 0 Å². The van der Waals surface area contributed by atoms with Crippen molar-refractivity contribution < 1.29 is 4.74 Å². The summed E-state index contributed by atoms with van der Waals surface area (Å²) in [7, 11) is 0. The summed E-state index contributed by atoms with van der Waals surface area (Å²) in [6.07, 6.45) is 0. The van der Waals surface area contributed by atoms with Crippen LogP contribution in [-0.2, 0) is 5.33 Å². The van der Waals surface area contributed by atoms with Crippen molar-refractivity contribution in [2.24, 2.45) is 0 Å². The van der Waals surface area contributed by atoms with Crippen molar-refractivity contribution >= 4 is 55.1 Å². The highest BCUT2D eigenvalue weighted by atomic mass is 79.9. The lowest BCUT2D eigenvalue weighted by Gasteiger charge is -2.11. The van der Waals surface area contributed by atoms with Gasteiger partial charge >= 0.3 is 0 Å². The average Bonchev–Trinajstić information content (AvgIpc) is 2.36. The maximum atomic E-state index is 6.09. The molecule has 0 aliphatic rings. The summed E-state index contributed by atoms with van der Waals surface area (Å²) in [4.78, 5) is 0. The van der Waals surface area contributed by atoms with Crippen molar-refractivity contribution in [1.82, 2.24) is 0 Å². The lowest BCUT2D eigenvalue weighted by atomic mass is 10.2. The molecule has 0 N–H and O–H groups in total. The molecule has 2 aromatic rings. The smallest absolute Gasteiger partial charge is 0.147 e. The molecule has 0 heterocycles. The van der Waals surface area contributed by atoms with Crippen molar-refractivity contribution in [3.63, 3.8) is 0 Å². The number of ether oxygens (including phenoxy) is 1. The van der Waals surface area contributed by atoms with Crippen LogP contribution in [-0.4, -0.2) is 0 Å². The second-order valence-electron chi connectivity index (χ2n) is 3.56. The molecule has 0 bridgehead atoms. The summed E-state index contributed by atoms with van der Waals surface area (Å²) >= 11 is 18.8. The Morgan fingerprint density at radius 2 is 1.78 bits per heavy atom. The maximum absolute atomic E-state index is 6.09. The predicted molar refractivity (Wildman–Crippen MR) is 83.3 cm³/mol. The minimum atomic E-state index is 0.564. The van der Waals surface area contributed by atoms with Gasteiger partial charge in [-0.3, -0.25) is 0 Å². The first-order chi connectivity index (χ1) is 8.60. The number of halogens is 4. The third-order valence-corrected chi connectivity index (χ3v) is 3.92. The van der Waals surface area contributed by atoms with E-state index in [2.05, 4.69) is 31.9 Å². The molecule has 0 atom stereocenters. The summed E-state index contributed by atoms with van der Waals surface area (Å²) < 4.78 is 6.73. The summed E-state index contributed by atoms with van der Waals surface area (Å²) in [5.74, 6) is 1.34. The zero-order chi connectivity index (χ0) is 13.1. The Hall–Kier alpha value is -0.220. The molecule has 0 aliphatic carbocycles. The van der Waals surface area contributed by atoms with Crippen molar-refractivity contribution in [2.75, 3.05) is 0 Å². The van der Waals surface area contributed by atoms with Crippen LogP contribution >= 0.6 is 55.1 Å². The maximum Gasteiger partial charge on any atom is 0.147 e. The van der Waals surface area contributed by atoms with E-state index in [1.54, 1.807) is 12.1 Å². The summed E-state index contributed by atoms with van der Waals surface area (Å²) in [6.45, 7) is 0. The van der Waals surface area contributed by atoms with Crippen LogP contribution in [0.15, 0.2) is 40.9 Å². The van der Waals surface area contributed by atoms with E-state index in [1.165, 1.54) is 0 Å². The Morgan fingerprint density at radius 1 is 1.00 bits per heavy atom. The molecule has 1 nitrogen and oxygen atoms in total. The van der Waals surface area contributed by atoms with Crippen LogP contribution in [0.3, 0.4) is 0 Å². The molecule has 2 aromatic carbocycles. The van der Waals surface area contributed by atoms with Gasteiger partial charge in [0.1, 0.15) is 11.5 Å². The van der Waals surface area contributed by atoms with Gasteiger partial charge in [-0.1, -0.05) is 55.1 Å². The van der Waals surface area contributed by atoms with E-state index in [9.17, 15) is 0 Å². The normalized spacial score (nSPS) is 10.4. The fraction of sp³-hybridized carbons (Fsp3) is 0.0769. The van der Waals surface area contributed by atoms with Gasteiger partial charge in [0, 0.05) is 20.4 Å². The first kappa shape index (κ1) is 14.2. The zero-order valence-corrected chi connectivity index (χ0v) is 13.8. The third-order valence-electron chi connectivity index (χ3n) is 2.28. The molecule has 5 heteroatoms. The van der Waals surface area contributed by atoms with E-state index in [0.717, 1.165) is 15.8 Å². The van der Waals surface area contributed by atoms with Crippen molar-refractivity contribution in [2.45, 2.75) is 5.33 Å². The van der Waals surface area contributed by atoms with Crippen molar-refractivity contribution in [3.05, 3.63) is 56.5 Å². The van der Waals surface area contributed by atoms with Gasteiger partial charge in [-0.2, -0.15) is 0 Å². The van der Waals surface area contributed by atoms with Gasteiger partial charge < -0.3 is 4.74 Å². The topological polar surface area (TPSA) is 9.23 Å². The van der Waals surface area contributed by atoms with Crippen LogP contribution in [0, 0.1) is 0 Å². The number of benzene rings is 2. The molecule has 2 rings (SSSR count). The summed E-state index contributed by atoms with van der Waals surface area (Å²) in [5, 5.41) is 1.90. The number of hydrogen-bond donors (Lipinski definition) is 0. The van der Waals surface area contributed by atoms with Crippen LogP contribution in [0.25, 0.3) is 0 Å². The van der Waals surface area contributed by atoms with Crippen molar-refractivity contribution in [3.8, 4) is 11.5 Å². The molecule has 0 amide bonds. The predicted octanol–water partition coefficient (Wildman–Crippen LogP) is 6.44. The van der Waals surface area contributed by atoms with Crippen LogP contribution in [0.4, 0.5) is 0 Å². The molecule has 0 spiro atoms. The van der Waals surface area contributed by atoms with Crippen LogP contribution in [0.2, 0.25) is 10.0 Å². The third kappa shape index (κ3) is 3.41. The van der Waals surface area contributed by atoms with Gasteiger partial charge in [0.2, 0.25) is 0 Å². The molecule has 0 unspecified atom stereocenters. The first-order valence-electron chi connectivity index (χ1n) is 5.07. The molecule has 0 fully saturated rings. The number of rotatable bonds is 3. The lowest BCUT2D eigenvalue weighted by molar-refractivity contribution is 0.478. The minimum Gasteiger partial charge on any atom is -0.455 e. The summed E-state index contributed by atoms with van der Waals surface area (Å²) in [6, 6.07) is 10.9. The first-order valence-corrected chi connectivity index (χ1v) is 7.74. The largest absolute Gasteiger partial charge is 0.455 e. The van der Waals surface area contributed by atoms with E-state index >= 15 is 0 Å². The van der Waals surface area contributed by atoms with E-state index in [4.69, 9.17) is 27.9 Å². The van der Waals surface area contributed by atoms with Crippen LogP contribution < -0.4 is 4.74 Å². The lowest BCUT2D eigenvalue weighted by Crippen LogP contribution is -1.90. The Kier molecular flexibility index (Phi) is 4.96. The highest BCUT2D eigenvalue weighted by Crippen LogP contribution is 2.34. The molecule has 0 saturated carbocycles. The number of alkyl halides is 1. The fourth-order valence-electron chi connectivity index (χ4n) is 1.43. The zero-order valence-electron chi connectivity index (χ0n) is 9.09. The Bertz CT molecular complexity index is 573. The summed E-state index contributed by atoms with van der Waals surface area (Å²) in [5.41, 5.74) is 0.971. The molecule has 18 heavy (non-hydrogen) atoms. The SMILES string of the molecule is Clc1ccc(Oc2cc(Br)ccc2Cl)c(CBr)c1. The minimum absolute atomic E-state index is 0.564. The van der Waals surface area contributed by atoms with Gasteiger partial charge in [-0.25, -0.2) is 0 Å². The fourth-order valence-corrected chi connectivity index (χ4v) is 2.55. The molecule has 0 aliphatic heterocycles. The van der Waals surface area contributed by atoms with E-state index in [0.29, 0.717) is 21.1 Å². The highest BCUT2D eigenvalue weighted by Gasteiger charge is 2.08. The van der Waals surface area contributed by atoms with E-state index < -0.39 is 0 Å². The van der Waals surface area contributed by atoms with Gasteiger partial charge in [-0.05, 0) is 36.4 Å². The molecular formula is C13H8Br2Cl2O. The number of hydrogen-bond acceptors (Lipinski definition) is 1. The molecule has 0 saturated heterocycles. The monoisotopic (exact) mass is 408 g/mol. The molecule has 94 valence electrons. The Balaban J connectivity index is 2.36. The second-order valence-corrected chi connectivity index (χ2v) is 5.88.